The quantitative estimate of drug-likeness (QED) is 0.843. The first-order valence-corrected chi connectivity index (χ1v) is 6.20. The second kappa shape index (κ2) is 5.19. The number of carbonyl (C=O) groups is 1. The zero-order valence-electron chi connectivity index (χ0n) is 10.3. The van der Waals surface area contributed by atoms with Crippen LogP contribution in [0.1, 0.15) is 36.8 Å². The van der Waals surface area contributed by atoms with Crippen molar-refractivity contribution >= 4 is 5.91 Å². The van der Waals surface area contributed by atoms with Gasteiger partial charge in [0.05, 0.1) is 17.2 Å². The van der Waals surface area contributed by atoms with Crippen molar-refractivity contribution in [1.82, 2.24) is 5.32 Å². The molecule has 1 aliphatic carbocycles. The third kappa shape index (κ3) is 2.69. The van der Waals surface area contributed by atoms with Crippen molar-refractivity contribution in [3.05, 3.63) is 35.4 Å². The molecule has 94 valence electrons. The molecule has 1 aromatic rings. The average molecular weight is 243 g/mol. The van der Waals surface area contributed by atoms with Gasteiger partial charge in [-0.25, -0.2) is 0 Å². The largest absolute Gasteiger partial charge is 0.350 e. The zero-order valence-corrected chi connectivity index (χ0v) is 10.3. The van der Waals surface area contributed by atoms with E-state index in [-0.39, 0.29) is 5.91 Å². The van der Waals surface area contributed by atoms with Crippen molar-refractivity contribution in [1.29, 1.82) is 5.26 Å². The Morgan fingerprint density at radius 3 is 2.83 bits per heavy atom. The molecule has 0 bridgehead atoms. The highest BCUT2D eigenvalue weighted by Gasteiger charge is 2.36. The number of benzene rings is 1. The molecule has 2 rings (SSSR count). The molecule has 0 aromatic heterocycles. The SMILES string of the molecule is N#Cc1cccc(CNC(=O)C2(N)CCCC2)c1. The van der Waals surface area contributed by atoms with E-state index in [1.54, 1.807) is 12.1 Å². The minimum Gasteiger partial charge on any atom is -0.350 e. The second-order valence-electron chi connectivity index (χ2n) is 4.86. The number of hydrogen-bond acceptors (Lipinski definition) is 3. The molecule has 1 fully saturated rings. The van der Waals surface area contributed by atoms with Crippen LogP contribution in [0.4, 0.5) is 0 Å². The van der Waals surface area contributed by atoms with Crippen molar-refractivity contribution in [3.63, 3.8) is 0 Å². The molecular weight excluding hydrogens is 226 g/mol. The average Bonchev–Trinajstić information content (AvgIpc) is 2.84. The van der Waals surface area contributed by atoms with Crippen LogP contribution < -0.4 is 11.1 Å². The molecule has 3 N–H and O–H groups in total. The van der Waals surface area contributed by atoms with Gasteiger partial charge < -0.3 is 11.1 Å². The summed E-state index contributed by atoms with van der Waals surface area (Å²) >= 11 is 0. The molecule has 0 atom stereocenters. The first-order chi connectivity index (χ1) is 8.64. The van der Waals surface area contributed by atoms with Gasteiger partial charge in [-0.2, -0.15) is 5.26 Å². The Hall–Kier alpha value is -1.86. The lowest BCUT2D eigenvalue weighted by Gasteiger charge is -2.22. The lowest BCUT2D eigenvalue weighted by Crippen LogP contribution is -2.51. The predicted molar refractivity (Wildman–Crippen MR) is 68.4 cm³/mol. The maximum absolute atomic E-state index is 12.0. The number of carbonyl (C=O) groups excluding carboxylic acids is 1. The van der Waals surface area contributed by atoms with Crippen molar-refractivity contribution in [3.8, 4) is 6.07 Å². The van der Waals surface area contributed by atoms with Crippen LogP contribution in [0.15, 0.2) is 24.3 Å². The maximum Gasteiger partial charge on any atom is 0.240 e. The first kappa shape index (κ1) is 12.6. The number of nitriles is 1. The predicted octanol–water partition coefficient (Wildman–Crippen LogP) is 1.45. The number of nitrogens with one attached hydrogen (secondary N) is 1. The van der Waals surface area contributed by atoms with Crippen LogP contribution in [-0.4, -0.2) is 11.4 Å². The van der Waals surface area contributed by atoms with E-state index in [1.807, 2.05) is 12.1 Å². The highest BCUT2D eigenvalue weighted by atomic mass is 16.2. The molecule has 1 aliphatic rings. The van der Waals surface area contributed by atoms with E-state index in [1.165, 1.54) is 0 Å². The minimum absolute atomic E-state index is 0.0811. The van der Waals surface area contributed by atoms with Crippen LogP contribution in [0.2, 0.25) is 0 Å². The van der Waals surface area contributed by atoms with Crippen molar-refractivity contribution in [2.75, 3.05) is 0 Å². The molecule has 0 radical (unpaired) electrons. The summed E-state index contributed by atoms with van der Waals surface area (Å²) in [5.74, 6) is -0.0811. The van der Waals surface area contributed by atoms with E-state index in [0.29, 0.717) is 12.1 Å². The molecule has 1 saturated carbocycles. The monoisotopic (exact) mass is 243 g/mol. The third-order valence-electron chi connectivity index (χ3n) is 3.46. The van der Waals surface area contributed by atoms with E-state index >= 15 is 0 Å². The molecule has 0 aliphatic heterocycles. The van der Waals surface area contributed by atoms with E-state index in [2.05, 4.69) is 11.4 Å². The summed E-state index contributed by atoms with van der Waals surface area (Å²) < 4.78 is 0. The summed E-state index contributed by atoms with van der Waals surface area (Å²) in [7, 11) is 0. The second-order valence-corrected chi connectivity index (χ2v) is 4.86. The van der Waals surface area contributed by atoms with Crippen LogP contribution in [0, 0.1) is 11.3 Å². The van der Waals surface area contributed by atoms with Crippen molar-refractivity contribution < 1.29 is 4.79 Å². The van der Waals surface area contributed by atoms with Gasteiger partial charge in [-0.1, -0.05) is 25.0 Å². The molecule has 18 heavy (non-hydrogen) atoms. The molecule has 0 heterocycles. The number of rotatable bonds is 3. The van der Waals surface area contributed by atoms with Gasteiger partial charge >= 0.3 is 0 Å². The fourth-order valence-electron chi connectivity index (χ4n) is 2.34. The Kier molecular flexibility index (Phi) is 3.63. The van der Waals surface area contributed by atoms with Gasteiger partial charge in [0, 0.05) is 6.54 Å². The first-order valence-electron chi connectivity index (χ1n) is 6.20. The highest BCUT2D eigenvalue weighted by Crippen LogP contribution is 2.27. The molecule has 0 unspecified atom stereocenters. The van der Waals surface area contributed by atoms with E-state index < -0.39 is 5.54 Å². The number of amides is 1. The molecule has 0 saturated heterocycles. The van der Waals surface area contributed by atoms with E-state index in [4.69, 9.17) is 11.0 Å². The normalized spacial score (nSPS) is 17.1. The summed E-state index contributed by atoms with van der Waals surface area (Å²) in [6.45, 7) is 0.424. The minimum atomic E-state index is -0.688. The summed E-state index contributed by atoms with van der Waals surface area (Å²) in [5.41, 5.74) is 6.89. The number of nitrogens with two attached hydrogens (primary N) is 1. The Labute approximate surface area is 107 Å². The van der Waals surface area contributed by atoms with E-state index in [9.17, 15) is 4.79 Å². The summed E-state index contributed by atoms with van der Waals surface area (Å²) in [5, 5.41) is 11.7. The Balaban J connectivity index is 1.95. The van der Waals surface area contributed by atoms with Gasteiger partial charge in [0.25, 0.3) is 0 Å². The topological polar surface area (TPSA) is 78.9 Å². The Bertz CT molecular complexity index is 484. The van der Waals surface area contributed by atoms with Gasteiger partial charge in [-0.05, 0) is 30.5 Å². The lowest BCUT2D eigenvalue weighted by molar-refractivity contribution is -0.126. The molecule has 4 nitrogen and oxygen atoms in total. The third-order valence-corrected chi connectivity index (χ3v) is 3.46. The molecule has 4 heteroatoms. The van der Waals surface area contributed by atoms with Crippen LogP contribution in [0.25, 0.3) is 0 Å². The van der Waals surface area contributed by atoms with Crippen molar-refractivity contribution in [2.24, 2.45) is 5.73 Å². The summed E-state index contributed by atoms with van der Waals surface area (Å²) in [6, 6.07) is 9.30. The summed E-state index contributed by atoms with van der Waals surface area (Å²) in [4.78, 5) is 12.0. The summed E-state index contributed by atoms with van der Waals surface area (Å²) in [6.07, 6.45) is 3.57. The van der Waals surface area contributed by atoms with Crippen LogP contribution in [-0.2, 0) is 11.3 Å². The molecule has 1 aromatic carbocycles. The lowest BCUT2D eigenvalue weighted by atomic mass is 9.98. The number of hydrogen-bond donors (Lipinski definition) is 2. The van der Waals surface area contributed by atoms with Gasteiger partial charge in [-0.3, -0.25) is 4.79 Å². The van der Waals surface area contributed by atoms with Crippen molar-refractivity contribution in [2.45, 2.75) is 37.8 Å². The van der Waals surface area contributed by atoms with E-state index in [0.717, 1.165) is 31.2 Å². The van der Waals surface area contributed by atoms with Crippen LogP contribution >= 0.6 is 0 Å². The smallest absolute Gasteiger partial charge is 0.240 e. The fourth-order valence-corrected chi connectivity index (χ4v) is 2.34. The Morgan fingerprint density at radius 2 is 2.17 bits per heavy atom. The molecular formula is C14H17N3O. The zero-order chi connectivity index (χ0) is 13.0. The standard InChI is InChI=1S/C14H17N3O/c15-9-11-4-3-5-12(8-11)10-17-13(18)14(16)6-1-2-7-14/h3-5,8H,1-2,6-7,10,16H2,(H,17,18). The molecule has 0 spiro atoms. The van der Waals surface area contributed by atoms with Gasteiger partial charge in [0.15, 0.2) is 0 Å². The van der Waals surface area contributed by atoms with Crippen LogP contribution in [0.5, 0.6) is 0 Å². The maximum atomic E-state index is 12.0. The fraction of sp³-hybridized carbons (Fsp3) is 0.429. The Morgan fingerprint density at radius 1 is 1.44 bits per heavy atom. The van der Waals surface area contributed by atoms with Gasteiger partial charge in [0.2, 0.25) is 5.91 Å². The molecule has 1 amide bonds. The van der Waals surface area contributed by atoms with Crippen LogP contribution in [0.3, 0.4) is 0 Å². The van der Waals surface area contributed by atoms with Gasteiger partial charge in [-0.15, -0.1) is 0 Å². The highest BCUT2D eigenvalue weighted by molar-refractivity contribution is 5.86. The number of nitrogens with zero attached hydrogens (tertiary/aromatic N) is 1. The van der Waals surface area contributed by atoms with Gasteiger partial charge in [0.1, 0.15) is 0 Å².